The molecule has 5 nitrogen and oxygen atoms in total. The smallest absolute Gasteiger partial charge is 0.314 e. The number of carboxylic acids is 1. The zero-order valence-corrected chi connectivity index (χ0v) is 17.7. The number of benzene rings is 1. The van der Waals surface area contributed by atoms with Crippen LogP contribution < -0.4 is 4.74 Å². The van der Waals surface area contributed by atoms with E-state index in [1.807, 2.05) is 0 Å². The van der Waals surface area contributed by atoms with Gasteiger partial charge in [0.25, 0.3) is 0 Å². The summed E-state index contributed by atoms with van der Waals surface area (Å²) in [5.41, 5.74) is 0.328. The Kier molecular flexibility index (Phi) is 6.23. The zero-order valence-electron chi connectivity index (χ0n) is 17.7. The average molecular weight is 430 g/mol. The van der Waals surface area contributed by atoms with Gasteiger partial charge in [-0.05, 0) is 86.9 Å². The van der Waals surface area contributed by atoms with Gasteiger partial charge in [-0.25, -0.2) is 13.8 Å². The topological polar surface area (TPSA) is 62.7 Å². The van der Waals surface area contributed by atoms with Crippen LogP contribution in [0, 0.1) is 18.6 Å². The summed E-state index contributed by atoms with van der Waals surface area (Å²) in [5, 5.41) is 10.0. The van der Waals surface area contributed by atoms with Crippen molar-refractivity contribution in [3.63, 3.8) is 0 Å². The summed E-state index contributed by atoms with van der Waals surface area (Å²) >= 11 is 0. The highest BCUT2D eigenvalue weighted by atomic mass is 19.1. The fourth-order valence-corrected chi connectivity index (χ4v) is 5.06. The number of carbonyl (C=O) groups is 1. The van der Waals surface area contributed by atoms with Crippen LogP contribution >= 0.6 is 0 Å². The highest BCUT2D eigenvalue weighted by Gasteiger charge is 2.48. The van der Waals surface area contributed by atoms with Gasteiger partial charge < -0.3 is 9.84 Å². The fraction of sp³-hybridized carbons (Fsp3) is 0.500. The molecule has 2 heterocycles. The predicted molar refractivity (Wildman–Crippen MR) is 112 cm³/mol. The highest BCUT2D eigenvalue weighted by molar-refractivity contribution is 5.82. The SMILES string of the molecule is Cc1c(F)cccc1C1(C(=O)O)CCC(c2cnc(OCCN3CCCC3)c(F)c2)C1. The predicted octanol–water partition coefficient (Wildman–Crippen LogP) is 4.43. The lowest BCUT2D eigenvalue weighted by Gasteiger charge is -2.27. The van der Waals surface area contributed by atoms with Crippen LogP contribution in [0.15, 0.2) is 30.5 Å². The Morgan fingerprint density at radius 3 is 2.77 bits per heavy atom. The summed E-state index contributed by atoms with van der Waals surface area (Å²) in [6.45, 7) is 4.84. The molecule has 1 saturated carbocycles. The van der Waals surface area contributed by atoms with Gasteiger partial charge in [0.15, 0.2) is 5.82 Å². The third-order valence-corrected chi connectivity index (χ3v) is 6.85. The Hall–Kier alpha value is -2.54. The fourth-order valence-electron chi connectivity index (χ4n) is 5.06. The maximum Gasteiger partial charge on any atom is 0.314 e. The quantitative estimate of drug-likeness (QED) is 0.704. The maximum absolute atomic E-state index is 14.6. The van der Waals surface area contributed by atoms with Crippen molar-refractivity contribution in [1.29, 1.82) is 0 Å². The van der Waals surface area contributed by atoms with E-state index in [4.69, 9.17) is 4.74 Å². The van der Waals surface area contributed by atoms with Crippen LogP contribution in [-0.2, 0) is 10.2 Å². The van der Waals surface area contributed by atoms with Crippen molar-refractivity contribution in [3.8, 4) is 5.88 Å². The van der Waals surface area contributed by atoms with E-state index in [2.05, 4.69) is 9.88 Å². The molecule has 1 aromatic heterocycles. The number of pyridine rings is 1. The largest absolute Gasteiger partial charge is 0.481 e. The number of ether oxygens (including phenoxy) is 1. The maximum atomic E-state index is 14.6. The average Bonchev–Trinajstić information content (AvgIpc) is 3.42. The minimum absolute atomic E-state index is 0.0218. The molecule has 31 heavy (non-hydrogen) atoms. The van der Waals surface area contributed by atoms with Gasteiger partial charge in [-0.3, -0.25) is 9.69 Å². The van der Waals surface area contributed by atoms with Crippen molar-refractivity contribution in [2.45, 2.75) is 50.4 Å². The molecule has 0 radical (unpaired) electrons. The molecular formula is C24H28F2N2O3. The molecule has 4 rings (SSSR count). The molecule has 1 saturated heterocycles. The number of hydrogen-bond donors (Lipinski definition) is 1. The van der Waals surface area contributed by atoms with Crippen molar-refractivity contribution in [2.24, 2.45) is 0 Å². The first-order valence-electron chi connectivity index (χ1n) is 10.9. The van der Waals surface area contributed by atoms with Crippen molar-refractivity contribution in [1.82, 2.24) is 9.88 Å². The molecule has 1 aliphatic carbocycles. The second kappa shape index (κ2) is 8.91. The van der Waals surface area contributed by atoms with Crippen molar-refractivity contribution in [3.05, 3.63) is 58.8 Å². The molecule has 2 unspecified atom stereocenters. The summed E-state index contributed by atoms with van der Waals surface area (Å²) in [5.74, 6) is -2.11. The monoisotopic (exact) mass is 430 g/mol. The van der Waals surface area contributed by atoms with Crippen LogP contribution in [0.1, 0.15) is 54.7 Å². The Morgan fingerprint density at radius 1 is 1.29 bits per heavy atom. The van der Waals surface area contributed by atoms with Gasteiger partial charge in [0.2, 0.25) is 5.88 Å². The molecule has 2 aliphatic rings. The lowest BCUT2D eigenvalue weighted by molar-refractivity contribution is -0.143. The minimum atomic E-state index is -1.18. The third-order valence-electron chi connectivity index (χ3n) is 6.85. The Morgan fingerprint density at radius 2 is 2.06 bits per heavy atom. The molecular weight excluding hydrogens is 402 g/mol. The van der Waals surface area contributed by atoms with Gasteiger partial charge in [0.05, 0.1) is 5.41 Å². The standard InChI is InChI=1S/C24H28F2N2O3/c1-16-19(5-4-6-20(16)25)24(23(29)30)8-7-17(14-24)18-13-21(26)22(27-15-18)31-12-11-28-9-2-3-10-28/h4-6,13,15,17H,2-3,7-12,14H2,1H3,(H,29,30). The first kappa shape index (κ1) is 21.7. The van der Waals surface area contributed by atoms with E-state index in [9.17, 15) is 18.7 Å². The van der Waals surface area contributed by atoms with E-state index in [0.717, 1.165) is 19.6 Å². The van der Waals surface area contributed by atoms with Crippen LogP contribution in [0.5, 0.6) is 5.88 Å². The van der Waals surface area contributed by atoms with Crippen molar-refractivity contribution < 1.29 is 23.4 Å². The highest BCUT2D eigenvalue weighted by Crippen LogP contribution is 2.49. The number of carboxylic acid groups (broad SMARTS) is 1. The second-order valence-corrected chi connectivity index (χ2v) is 8.69. The van der Waals surface area contributed by atoms with Crippen molar-refractivity contribution in [2.75, 3.05) is 26.2 Å². The molecule has 0 bridgehead atoms. The van der Waals surface area contributed by atoms with Gasteiger partial charge in [0, 0.05) is 12.7 Å². The molecule has 166 valence electrons. The Labute approximate surface area is 181 Å². The lowest BCUT2D eigenvalue weighted by Crippen LogP contribution is -2.34. The number of hydrogen-bond acceptors (Lipinski definition) is 4. The molecule has 1 aliphatic heterocycles. The molecule has 1 N–H and O–H groups in total. The summed E-state index contributed by atoms with van der Waals surface area (Å²) in [6.07, 6.45) is 5.18. The molecule has 2 fully saturated rings. The molecule has 1 aromatic carbocycles. The van der Waals surface area contributed by atoms with Crippen LogP contribution in [0.25, 0.3) is 0 Å². The van der Waals surface area contributed by atoms with Gasteiger partial charge >= 0.3 is 5.97 Å². The minimum Gasteiger partial charge on any atom is -0.481 e. The van der Waals surface area contributed by atoms with Gasteiger partial charge in [-0.15, -0.1) is 0 Å². The number of nitrogens with zero attached hydrogens (tertiary/aromatic N) is 2. The zero-order chi connectivity index (χ0) is 22.0. The summed E-state index contributed by atoms with van der Waals surface area (Å²) in [4.78, 5) is 18.7. The first-order valence-corrected chi connectivity index (χ1v) is 10.9. The Bertz CT molecular complexity index is 962. The summed E-state index contributed by atoms with van der Waals surface area (Å²) < 4.78 is 34.3. The number of aliphatic carboxylic acids is 1. The van der Waals surface area contributed by atoms with Gasteiger partial charge in [-0.2, -0.15) is 0 Å². The number of rotatable bonds is 7. The normalized spacial score (nSPS) is 23.9. The summed E-state index contributed by atoms with van der Waals surface area (Å²) in [6, 6.07) is 5.97. The van der Waals surface area contributed by atoms with E-state index >= 15 is 0 Å². The molecule has 2 aromatic rings. The van der Waals surface area contributed by atoms with Crippen LogP contribution in [0.4, 0.5) is 8.78 Å². The third kappa shape index (κ3) is 4.28. The number of likely N-dealkylation sites (tertiary alicyclic amines) is 1. The van der Waals surface area contributed by atoms with Crippen LogP contribution in [-0.4, -0.2) is 47.2 Å². The van der Waals surface area contributed by atoms with Crippen molar-refractivity contribution >= 4 is 5.97 Å². The van der Waals surface area contributed by atoms with E-state index in [1.165, 1.54) is 25.0 Å². The lowest BCUT2D eigenvalue weighted by atomic mass is 9.76. The van der Waals surface area contributed by atoms with Crippen LogP contribution in [0.2, 0.25) is 0 Å². The van der Waals surface area contributed by atoms with Gasteiger partial charge in [0.1, 0.15) is 12.4 Å². The molecule has 7 heteroatoms. The first-order chi connectivity index (χ1) is 14.9. The van der Waals surface area contributed by atoms with E-state index < -0.39 is 23.0 Å². The molecule has 2 atom stereocenters. The molecule has 0 spiro atoms. The number of halogens is 2. The summed E-state index contributed by atoms with van der Waals surface area (Å²) in [7, 11) is 0. The van der Waals surface area contributed by atoms with E-state index in [1.54, 1.807) is 25.3 Å². The second-order valence-electron chi connectivity index (χ2n) is 8.69. The van der Waals surface area contributed by atoms with E-state index in [0.29, 0.717) is 36.1 Å². The number of aromatic nitrogens is 1. The molecule has 0 amide bonds. The van der Waals surface area contributed by atoms with Crippen LogP contribution in [0.3, 0.4) is 0 Å². The van der Waals surface area contributed by atoms with Gasteiger partial charge in [-0.1, -0.05) is 12.1 Å². The Balaban J connectivity index is 1.48. The van der Waals surface area contributed by atoms with E-state index in [-0.39, 0.29) is 18.2 Å².